The van der Waals surface area contributed by atoms with Crippen LogP contribution in [0.1, 0.15) is 43.9 Å². The molecule has 0 radical (unpaired) electrons. The molecule has 0 aromatic heterocycles. The van der Waals surface area contributed by atoms with Gasteiger partial charge in [0.15, 0.2) is 5.60 Å². The van der Waals surface area contributed by atoms with Crippen LogP contribution in [0.15, 0.2) is 42.5 Å². The summed E-state index contributed by atoms with van der Waals surface area (Å²) >= 11 is 0. The number of hydrogen-bond donors (Lipinski definition) is 3. The molecular weight excluding hydrogens is 446 g/mol. The van der Waals surface area contributed by atoms with Crippen LogP contribution in [-0.2, 0) is 28.7 Å². The molecule has 1 amide bonds. The van der Waals surface area contributed by atoms with Gasteiger partial charge in [0, 0.05) is 19.6 Å². The summed E-state index contributed by atoms with van der Waals surface area (Å²) in [5.74, 6) is -2.20. The molecule has 0 unspecified atom stereocenters. The number of nitrogens with one attached hydrogen (secondary N) is 1. The fraction of sp³-hybridized carbons (Fsp3) is 0.391. The van der Waals surface area contributed by atoms with Crippen LogP contribution in [0.3, 0.4) is 0 Å². The third-order valence-electron chi connectivity index (χ3n) is 4.21. The third kappa shape index (κ3) is 9.90. The zero-order chi connectivity index (χ0) is 25.2. The highest BCUT2D eigenvalue weighted by atomic mass is 19.4. The number of halogens is 4. The largest absolute Gasteiger partial charge is 0.481 e. The molecular formula is C23H27F4NO5. The number of amides is 1. The molecule has 2 aromatic rings. The fourth-order valence-electron chi connectivity index (χ4n) is 2.63. The van der Waals surface area contributed by atoms with Crippen molar-refractivity contribution in [2.75, 3.05) is 6.61 Å². The van der Waals surface area contributed by atoms with Crippen LogP contribution >= 0.6 is 0 Å². The Morgan fingerprint density at radius 2 is 1.61 bits per heavy atom. The Labute approximate surface area is 189 Å². The maximum absolute atomic E-state index is 13.5. The first-order valence-electron chi connectivity index (χ1n) is 10.0. The molecule has 0 bridgehead atoms. The molecule has 3 N–H and O–H groups in total. The van der Waals surface area contributed by atoms with Gasteiger partial charge in [-0.25, -0.2) is 4.39 Å². The highest BCUT2D eigenvalue weighted by Gasteiger charge is 2.32. The molecule has 0 saturated heterocycles. The summed E-state index contributed by atoms with van der Waals surface area (Å²) in [6.45, 7) is 4.58. The van der Waals surface area contributed by atoms with E-state index in [-0.39, 0.29) is 25.1 Å². The number of carboxylic acid groups (broad SMARTS) is 1. The van der Waals surface area contributed by atoms with Crippen molar-refractivity contribution in [1.29, 1.82) is 0 Å². The Morgan fingerprint density at radius 3 is 2.12 bits per heavy atom. The van der Waals surface area contributed by atoms with Crippen LogP contribution in [0, 0.1) is 5.82 Å². The number of carbonyl (C=O) groups is 2. The number of carbonyl (C=O) groups excluding carboxylic acids is 1. The van der Waals surface area contributed by atoms with Gasteiger partial charge in [0.25, 0.3) is 5.91 Å². The van der Waals surface area contributed by atoms with Gasteiger partial charge in [0.05, 0.1) is 5.56 Å². The Morgan fingerprint density at radius 1 is 1.03 bits per heavy atom. The topological polar surface area (TPSA) is 95.9 Å². The van der Waals surface area contributed by atoms with Crippen molar-refractivity contribution < 1.29 is 42.1 Å². The minimum atomic E-state index is -4.69. The number of aryl methyl sites for hydroxylation is 1. The quantitative estimate of drug-likeness (QED) is 0.496. The van der Waals surface area contributed by atoms with Crippen molar-refractivity contribution in [1.82, 2.24) is 5.32 Å². The molecule has 2 aromatic carbocycles. The van der Waals surface area contributed by atoms with E-state index in [2.05, 4.69) is 5.32 Å². The molecule has 33 heavy (non-hydrogen) atoms. The summed E-state index contributed by atoms with van der Waals surface area (Å²) in [4.78, 5) is 23.0. The fourth-order valence-corrected chi connectivity index (χ4v) is 2.63. The van der Waals surface area contributed by atoms with E-state index >= 15 is 0 Å². The Hall–Kier alpha value is -3.14. The lowest BCUT2D eigenvalue weighted by molar-refractivity contribution is -0.138. The van der Waals surface area contributed by atoms with E-state index < -0.39 is 35.0 Å². The summed E-state index contributed by atoms with van der Waals surface area (Å²) in [6, 6.07) is 8.61. The molecule has 0 aliphatic heterocycles. The number of ether oxygens (including phenoxy) is 1. The van der Waals surface area contributed by atoms with E-state index in [4.69, 9.17) is 14.9 Å². The van der Waals surface area contributed by atoms with E-state index in [9.17, 15) is 27.2 Å². The normalized spacial score (nSPS) is 11.3. The summed E-state index contributed by atoms with van der Waals surface area (Å²) in [5, 5.41) is 18.7. The van der Waals surface area contributed by atoms with E-state index in [0.717, 1.165) is 17.7 Å². The minimum absolute atomic E-state index is 0.00969. The minimum Gasteiger partial charge on any atom is -0.481 e. The predicted octanol–water partition coefficient (Wildman–Crippen LogP) is 4.33. The summed E-state index contributed by atoms with van der Waals surface area (Å²) in [5.41, 5.74) is -1.74. The Kier molecular flexibility index (Phi) is 10.3. The number of aliphatic hydroxyl groups is 1. The van der Waals surface area contributed by atoms with Crippen LogP contribution in [0.5, 0.6) is 5.75 Å². The predicted molar refractivity (Wildman–Crippen MR) is 113 cm³/mol. The first kappa shape index (κ1) is 27.9. The molecule has 0 aliphatic carbocycles. The average molecular weight is 473 g/mol. The molecule has 2 rings (SSSR count). The van der Waals surface area contributed by atoms with Crippen molar-refractivity contribution >= 4 is 11.9 Å². The molecule has 0 atom stereocenters. The van der Waals surface area contributed by atoms with E-state index in [1.54, 1.807) is 31.2 Å². The van der Waals surface area contributed by atoms with Crippen LogP contribution in [0.2, 0.25) is 0 Å². The third-order valence-corrected chi connectivity index (χ3v) is 4.21. The van der Waals surface area contributed by atoms with Gasteiger partial charge in [0.2, 0.25) is 0 Å². The van der Waals surface area contributed by atoms with Gasteiger partial charge < -0.3 is 20.3 Å². The summed E-state index contributed by atoms with van der Waals surface area (Å²) in [7, 11) is 0. The maximum atomic E-state index is 13.5. The van der Waals surface area contributed by atoms with Gasteiger partial charge in [-0.2, -0.15) is 13.2 Å². The lowest BCUT2D eigenvalue weighted by Crippen LogP contribution is -2.46. The van der Waals surface area contributed by atoms with Crippen molar-refractivity contribution in [3.63, 3.8) is 0 Å². The molecule has 10 heteroatoms. The second-order valence-electron chi connectivity index (χ2n) is 7.49. The van der Waals surface area contributed by atoms with Gasteiger partial charge in [-0.05, 0) is 68.7 Å². The van der Waals surface area contributed by atoms with Gasteiger partial charge >= 0.3 is 12.1 Å². The monoisotopic (exact) mass is 473 g/mol. The summed E-state index contributed by atoms with van der Waals surface area (Å²) in [6.07, 6.45) is -4.35. The van der Waals surface area contributed by atoms with Crippen molar-refractivity contribution in [2.45, 2.75) is 51.9 Å². The van der Waals surface area contributed by atoms with E-state index in [1.165, 1.54) is 13.8 Å². The van der Waals surface area contributed by atoms with Crippen LogP contribution in [0.4, 0.5) is 17.6 Å². The number of aliphatic carboxylic acids is 1. The molecule has 0 aliphatic rings. The lowest BCUT2D eigenvalue weighted by atomic mass is 10.1. The van der Waals surface area contributed by atoms with Crippen LogP contribution in [0.25, 0.3) is 0 Å². The van der Waals surface area contributed by atoms with Crippen molar-refractivity contribution in [3.8, 4) is 5.75 Å². The second kappa shape index (κ2) is 12.2. The number of rotatable bonds is 8. The Bertz CT molecular complexity index is 927. The first-order chi connectivity index (χ1) is 15.3. The lowest BCUT2D eigenvalue weighted by Gasteiger charge is -2.25. The van der Waals surface area contributed by atoms with Crippen LogP contribution < -0.4 is 10.1 Å². The van der Waals surface area contributed by atoms with Crippen LogP contribution in [-0.4, -0.2) is 34.3 Å². The number of aliphatic hydroxyl groups excluding tert-OH is 1. The first-order valence-corrected chi connectivity index (χ1v) is 10.0. The summed E-state index contributed by atoms with van der Waals surface area (Å²) < 4.78 is 57.5. The molecule has 0 heterocycles. The van der Waals surface area contributed by atoms with Crippen molar-refractivity contribution in [3.05, 3.63) is 65.0 Å². The maximum Gasteiger partial charge on any atom is 0.416 e. The molecule has 182 valence electrons. The van der Waals surface area contributed by atoms with Crippen molar-refractivity contribution in [2.24, 2.45) is 0 Å². The number of benzene rings is 2. The zero-order valence-corrected chi connectivity index (χ0v) is 18.5. The average Bonchev–Trinajstić information content (AvgIpc) is 2.70. The highest BCUT2D eigenvalue weighted by Crippen LogP contribution is 2.30. The highest BCUT2D eigenvalue weighted by molar-refractivity contribution is 5.84. The van der Waals surface area contributed by atoms with E-state index in [1.807, 2.05) is 0 Å². The standard InChI is InChI=1S/C21H21F4NO4.C2H6O/c1-20(2,30-17-6-3-13(4-7-17)5-8-18(27)28)19(29)26-12-14-9-15(21(23,24)25)11-16(22)10-14;1-2-3/h3-4,6-7,9-11H,5,8,12H2,1-2H3,(H,26,29)(H,27,28);3H,2H2,1H3. The van der Waals surface area contributed by atoms with Gasteiger partial charge in [-0.1, -0.05) is 12.1 Å². The number of alkyl halides is 3. The molecule has 0 fully saturated rings. The number of hydrogen-bond acceptors (Lipinski definition) is 4. The molecule has 6 nitrogen and oxygen atoms in total. The number of carboxylic acids is 1. The molecule has 0 saturated carbocycles. The van der Waals surface area contributed by atoms with Gasteiger partial charge in [-0.3, -0.25) is 9.59 Å². The second-order valence-corrected chi connectivity index (χ2v) is 7.49. The molecule has 0 spiro atoms. The smallest absolute Gasteiger partial charge is 0.416 e. The van der Waals surface area contributed by atoms with Gasteiger partial charge in [-0.15, -0.1) is 0 Å². The van der Waals surface area contributed by atoms with Gasteiger partial charge in [0.1, 0.15) is 11.6 Å². The Balaban J connectivity index is 0.00000172. The SMILES string of the molecule is CC(C)(Oc1ccc(CCC(=O)O)cc1)C(=O)NCc1cc(F)cc(C(F)(F)F)c1.CCO. The zero-order valence-electron chi connectivity index (χ0n) is 18.5. The van der Waals surface area contributed by atoms with E-state index in [0.29, 0.717) is 18.2 Å².